The molecule has 2 heterocycles. The summed E-state index contributed by atoms with van der Waals surface area (Å²) in [7, 11) is 0. The zero-order chi connectivity index (χ0) is 21.8. The molecule has 0 amide bonds. The van der Waals surface area contributed by atoms with Crippen LogP contribution in [-0.2, 0) is 27.5 Å². The number of aryl methyl sites for hydroxylation is 2. The average molecular weight is 440 g/mol. The van der Waals surface area contributed by atoms with Crippen LogP contribution in [0.25, 0.3) is 0 Å². The molecule has 2 aromatic carbocycles. The van der Waals surface area contributed by atoms with Gasteiger partial charge in [0.2, 0.25) is 6.29 Å². The Bertz CT molecular complexity index is 1070. The minimum atomic E-state index is -0.606. The van der Waals surface area contributed by atoms with E-state index in [1.54, 1.807) is 0 Å². The molecule has 0 saturated heterocycles. The van der Waals surface area contributed by atoms with Crippen molar-refractivity contribution in [3.8, 4) is 5.75 Å². The van der Waals surface area contributed by atoms with Crippen molar-refractivity contribution in [1.82, 2.24) is 9.97 Å². The Kier molecular flexibility index (Phi) is 6.48. The van der Waals surface area contributed by atoms with Crippen LogP contribution in [0.3, 0.4) is 0 Å². The molecule has 0 radical (unpaired) electrons. The number of ether oxygens (including phenoxy) is 3. The number of fused-ring (bicyclic) bond motifs is 1. The van der Waals surface area contributed by atoms with Crippen molar-refractivity contribution in [2.24, 2.45) is 0 Å². The number of hydrogen-bond donors (Lipinski definition) is 0. The topological polar surface area (TPSA) is 70.5 Å². The molecule has 0 aliphatic carbocycles. The first-order valence-electron chi connectivity index (χ1n) is 9.73. The summed E-state index contributed by atoms with van der Waals surface area (Å²) in [6.07, 6.45) is -0.606. The third-order valence-electron chi connectivity index (χ3n) is 4.56. The molecule has 8 heteroatoms. The second kappa shape index (κ2) is 9.45. The van der Waals surface area contributed by atoms with Crippen LogP contribution in [0, 0.1) is 19.7 Å². The number of benzene rings is 2. The highest BCUT2D eigenvalue weighted by molar-refractivity contribution is 7.99. The van der Waals surface area contributed by atoms with Gasteiger partial charge in [-0.05, 0) is 32.0 Å². The van der Waals surface area contributed by atoms with Crippen molar-refractivity contribution in [3.05, 3.63) is 82.4 Å². The molecule has 6 nitrogen and oxygen atoms in total. The van der Waals surface area contributed by atoms with Crippen LogP contribution in [-0.4, -0.2) is 21.7 Å². The van der Waals surface area contributed by atoms with Crippen molar-refractivity contribution in [1.29, 1.82) is 0 Å². The van der Waals surface area contributed by atoms with Gasteiger partial charge in [0.05, 0.1) is 12.4 Å². The molecular formula is C23H21FN2O4S. The van der Waals surface area contributed by atoms with Crippen LogP contribution < -0.4 is 4.74 Å². The molecule has 31 heavy (non-hydrogen) atoms. The van der Waals surface area contributed by atoms with E-state index in [1.165, 1.54) is 23.9 Å². The second-order valence-electron chi connectivity index (χ2n) is 7.11. The molecule has 0 fully saturated rings. The molecule has 1 aliphatic rings. The van der Waals surface area contributed by atoms with E-state index in [1.807, 2.05) is 50.2 Å². The minimum absolute atomic E-state index is 0.0526. The predicted octanol–water partition coefficient (Wildman–Crippen LogP) is 4.68. The van der Waals surface area contributed by atoms with Gasteiger partial charge >= 0.3 is 5.97 Å². The van der Waals surface area contributed by atoms with Gasteiger partial charge in [0.25, 0.3) is 0 Å². The number of aromatic nitrogens is 2. The molecule has 0 unspecified atom stereocenters. The lowest BCUT2D eigenvalue weighted by molar-refractivity contribution is -0.142. The summed E-state index contributed by atoms with van der Waals surface area (Å²) in [6, 6.07) is 14.0. The smallest absolute Gasteiger partial charge is 0.316 e. The molecule has 1 aliphatic heterocycles. The Balaban J connectivity index is 1.42. The Morgan fingerprint density at radius 1 is 1.16 bits per heavy atom. The Labute approximate surface area is 183 Å². The Hall–Kier alpha value is -2.97. The largest absolute Gasteiger partial charge is 0.460 e. The van der Waals surface area contributed by atoms with Gasteiger partial charge in [-0.1, -0.05) is 42.1 Å². The fourth-order valence-corrected chi connectivity index (χ4v) is 3.99. The summed E-state index contributed by atoms with van der Waals surface area (Å²) in [4.78, 5) is 20.8. The predicted molar refractivity (Wildman–Crippen MR) is 113 cm³/mol. The van der Waals surface area contributed by atoms with Crippen LogP contribution in [0.1, 0.15) is 34.4 Å². The van der Waals surface area contributed by atoms with E-state index in [9.17, 15) is 9.18 Å². The molecule has 1 atom stereocenters. The number of hydrogen-bond acceptors (Lipinski definition) is 7. The summed E-state index contributed by atoms with van der Waals surface area (Å²) in [6.45, 7) is 3.84. The normalized spacial score (nSPS) is 15.1. The van der Waals surface area contributed by atoms with E-state index in [0.29, 0.717) is 22.0 Å². The number of carbonyl (C=O) groups is 1. The Morgan fingerprint density at radius 2 is 1.90 bits per heavy atom. The summed E-state index contributed by atoms with van der Waals surface area (Å²) < 4.78 is 31.1. The van der Waals surface area contributed by atoms with Gasteiger partial charge in [0.15, 0.2) is 5.16 Å². The van der Waals surface area contributed by atoms with E-state index in [-0.39, 0.29) is 19.0 Å². The van der Waals surface area contributed by atoms with E-state index in [0.717, 1.165) is 17.0 Å². The zero-order valence-corrected chi connectivity index (χ0v) is 17.9. The number of thioether (sulfide) groups is 1. The SMILES string of the molecule is Cc1cc(C)nc(SCC(=O)OCc2cc(F)cc3c2O[C@@H](c2ccccc2)OC3)n1. The van der Waals surface area contributed by atoms with Crippen molar-refractivity contribution < 1.29 is 23.4 Å². The molecule has 3 aromatic rings. The number of carbonyl (C=O) groups excluding carboxylic acids is 1. The lowest BCUT2D eigenvalue weighted by Gasteiger charge is -2.28. The summed E-state index contributed by atoms with van der Waals surface area (Å²) in [5, 5.41) is 0.517. The first-order valence-corrected chi connectivity index (χ1v) is 10.7. The fraction of sp³-hybridized carbons (Fsp3) is 0.261. The number of rotatable bonds is 6. The van der Waals surface area contributed by atoms with Gasteiger partial charge in [-0.25, -0.2) is 14.4 Å². The van der Waals surface area contributed by atoms with Crippen molar-refractivity contribution in [2.45, 2.75) is 38.5 Å². The van der Waals surface area contributed by atoms with Crippen molar-refractivity contribution in [3.63, 3.8) is 0 Å². The first-order chi connectivity index (χ1) is 15.0. The van der Waals surface area contributed by atoms with Crippen molar-refractivity contribution >= 4 is 17.7 Å². The average Bonchev–Trinajstić information content (AvgIpc) is 2.75. The molecule has 0 bridgehead atoms. The van der Waals surface area contributed by atoms with Crippen LogP contribution in [0.15, 0.2) is 53.7 Å². The lowest BCUT2D eigenvalue weighted by Crippen LogP contribution is -2.20. The number of halogens is 1. The number of esters is 1. The second-order valence-corrected chi connectivity index (χ2v) is 8.05. The third-order valence-corrected chi connectivity index (χ3v) is 5.38. The quantitative estimate of drug-likeness (QED) is 0.313. The highest BCUT2D eigenvalue weighted by Crippen LogP contribution is 2.36. The van der Waals surface area contributed by atoms with Gasteiger partial charge in [-0.15, -0.1) is 0 Å². The molecule has 0 saturated carbocycles. The van der Waals surface area contributed by atoms with Crippen LogP contribution in [0.5, 0.6) is 5.75 Å². The summed E-state index contributed by atoms with van der Waals surface area (Å²) in [5.74, 6) is -0.345. The van der Waals surface area contributed by atoms with Gasteiger partial charge < -0.3 is 14.2 Å². The molecule has 4 rings (SSSR count). The third kappa shape index (κ3) is 5.39. The monoisotopic (exact) mass is 440 g/mol. The highest BCUT2D eigenvalue weighted by atomic mass is 32.2. The molecule has 0 N–H and O–H groups in total. The van der Waals surface area contributed by atoms with Crippen LogP contribution in [0.4, 0.5) is 4.39 Å². The van der Waals surface area contributed by atoms with E-state index in [4.69, 9.17) is 14.2 Å². The van der Waals surface area contributed by atoms with Gasteiger partial charge in [-0.2, -0.15) is 0 Å². The maximum atomic E-state index is 14.1. The summed E-state index contributed by atoms with van der Waals surface area (Å²) in [5.41, 5.74) is 3.56. The van der Waals surface area contributed by atoms with E-state index in [2.05, 4.69) is 9.97 Å². The van der Waals surface area contributed by atoms with Gasteiger partial charge in [0, 0.05) is 28.1 Å². The maximum Gasteiger partial charge on any atom is 0.316 e. The maximum absolute atomic E-state index is 14.1. The zero-order valence-electron chi connectivity index (χ0n) is 17.1. The van der Waals surface area contributed by atoms with E-state index >= 15 is 0 Å². The minimum Gasteiger partial charge on any atom is -0.460 e. The summed E-state index contributed by atoms with van der Waals surface area (Å²) >= 11 is 1.20. The van der Waals surface area contributed by atoms with E-state index < -0.39 is 18.1 Å². The van der Waals surface area contributed by atoms with Crippen LogP contribution in [0.2, 0.25) is 0 Å². The highest BCUT2D eigenvalue weighted by Gasteiger charge is 2.25. The lowest BCUT2D eigenvalue weighted by atomic mass is 10.1. The molecule has 0 spiro atoms. The van der Waals surface area contributed by atoms with Gasteiger partial charge in [-0.3, -0.25) is 4.79 Å². The fourth-order valence-electron chi connectivity index (χ4n) is 3.24. The van der Waals surface area contributed by atoms with Gasteiger partial charge in [0.1, 0.15) is 18.2 Å². The molecule has 1 aromatic heterocycles. The standard InChI is InChI=1S/C23H21FN2O4S/c1-14-8-15(2)26-23(25-14)31-13-20(27)28-11-17-9-19(24)10-18-12-29-22(30-21(17)18)16-6-4-3-5-7-16/h3-10,22H,11-13H2,1-2H3/t22-/m0/s1. The first kappa shape index (κ1) is 21.3. The van der Waals surface area contributed by atoms with Crippen LogP contribution >= 0.6 is 11.8 Å². The number of nitrogens with zero attached hydrogens (tertiary/aromatic N) is 2. The molecular weight excluding hydrogens is 419 g/mol. The van der Waals surface area contributed by atoms with Crippen molar-refractivity contribution in [2.75, 3.05) is 5.75 Å². The molecule has 160 valence electrons. The Morgan fingerprint density at radius 3 is 2.65 bits per heavy atom.